The highest BCUT2D eigenvalue weighted by molar-refractivity contribution is 6.05. The fourth-order valence-electron chi connectivity index (χ4n) is 4.52. The number of imidazole rings is 1. The summed E-state index contributed by atoms with van der Waals surface area (Å²) in [6.45, 7) is 2.66. The minimum Gasteiger partial charge on any atom is -0.366 e. The van der Waals surface area contributed by atoms with Gasteiger partial charge in [-0.1, -0.05) is 6.08 Å². The van der Waals surface area contributed by atoms with Crippen LogP contribution in [-0.2, 0) is 0 Å². The van der Waals surface area contributed by atoms with Gasteiger partial charge in [0.2, 0.25) is 0 Å². The number of piperidine rings is 1. The first-order valence-electron chi connectivity index (χ1n) is 11.2. The minimum absolute atomic E-state index is 0.204. The lowest BCUT2D eigenvalue weighted by Crippen LogP contribution is -2.29. The van der Waals surface area contributed by atoms with Gasteiger partial charge in [0.05, 0.1) is 23.5 Å². The molecule has 0 saturated carbocycles. The van der Waals surface area contributed by atoms with E-state index >= 15 is 0 Å². The quantitative estimate of drug-likeness (QED) is 0.451. The van der Waals surface area contributed by atoms with E-state index in [1.54, 1.807) is 18.6 Å². The lowest BCUT2D eigenvalue weighted by Gasteiger charge is -2.22. The molecule has 4 aromatic rings. The molecule has 0 bridgehead atoms. The second kappa shape index (κ2) is 8.18. The van der Waals surface area contributed by atoms with Gasteiger partial charge in [0.15, 0.2) is 0 Å². The zero-order valence-corrected chi connectivity index (χ0v) is 18.0. The topological polar surface area (TPSA) is 101 Å². The summed E-state index contributed by atoms with van der Waals surface area (Å²) in [6, 6.07) is 6.30. The Morgan fingerprint density at radius 1 is 1.12 bits per heavy atom. The van der Waals surface area contributed by atoms with Gasteiger partial charge in [0.25, 0.3) is 5.91 Å². The largest absolute Gasteiger partial charge is 0.366 e. The van der Waals surface area contributed by atoms with Crippen LogP contribution in [0.2, 0.25) is 0 Å². The summed E-state index contributed by atoms with van der Waals surface area (Å²) in [6.07, 6.45) is 15.2. The predicted molar refractivity (Wildman–Crippen MR) is 126 cm³/mol. The summed E-state index contributed by atoms with van der Waals surface area (Å²) in [4.78, 5) is 21.9. The van der Waals surface area contributed by atoms with Gasteiger partial charge in [-0.05, 0) is 55.3 Å². The lowest BCUT2D eigenvalue weighted by atomic mass is 9.96. The molecule has 1 amide bonds. The molecule has 1 fully saturated rings. The summed E-state index contributed by atoms with van der Waals surface area (Å²) in [7, 11) is 0. The number of carbonyl (C=O) groups excluding carboxylic acids is 1. The van der Waals surface area contributed by atoms with Crippen molar-refractivity contribution in [3.8, 4) is 0 Å². The van der Waals surface area contributed by atoms with E-state index in [1.165, 1.54) is 0 Å². The van der Waals surface area contributed by atoms with E-state index < -0.39 is 0 Å². The maximum Gasteiger partial charge on any atom is 0.257 e. The number of anilines is 2. The first-order valence-corrected chi connectivity index (χ1v) is 11.2. The van der Waals surface area contributed by atoms with E-state index in [2.05, 4.69) is 37.1 Å². The molecule has 2 aliphatic heterocycles. The van der Waals surface area contributed by atoms with Crippen molar-refractivity contribution in [1.82, 2.24) is 29.5 Å². The van der Waals surface area contributed by atoms with Gasteiger partial charge in [-0.15, -0.1) is 0 Å². The first-order chi connectivity index (χ1) is 16.2. The van der Waals surface area contributed by atoms with Crippen molar-refractivity contribution in [2.75, 3.05) is 30.3 Å². The van der Waals surface area contributed by atoms with Crippen LogP contribution in [0.1, 0.15) is 40.4 Å². The van der Waals surface area contributed by atoms with E-state index in [0.29, 0.717) is 23.8 Å². The van der Waals surface area contributed by atoms with Crippen LogP contribution in [0.4, 0.5) is 11.5 Å². The smallest absolute Gasteiger partial charge is 0.257 e. The van der Waals surface area contributed by atoms with Crippen LogP contribution in [-0.4, -0.2) is 49.7 Å². The number of pyridine rings is 2. The van der Waals surface area contributed by atoms with Crippen molar-refractivity contribution in [2.24, 2.45) is 0 Å². The highest BCUT2D eigenvalue weighted by Crippen LogP contribution is 2.32. The molecule has 9 heteroatoms. The standard InChI is InChI=1S/C24H24N8O/c33-24(30-18-13-29-32(15-18)19-3-6-25-7-4-19)17-11-21-20(5-8-27-23(21)28-12-17)16-1-2-22-26-9-10-31(22)14-16/h1-2,5,9-15,19,25H,3-4,6-8H2,(H,27,28)(H,30,33). The maximum absolute atomic E-state index is 13.0. The normalized spacial score (nSPS) is 16.2. The van der Waals surface area contributed by atoms with Gasteiger partial charge in [0.1, 0.15) is 11.5 Å². The van der Waals surface area contributed by atoms with Gasteiger partial charge >= 0.3 is 0 Å². The van der Waals surface area contributed by atoms with Gasteiger partial charge in [-0.25, -0.2) is 9.97 Å². The fourth-order valence-corrected chi connectivity index (χ4v) is 4.52. The zero-order valence-electron chi connectivity index (χ0n) is 18.0. The molecule has 1 saturated heterocycles. The molecule has 0 spiro atoms. The van der Waals surface area contributed by atoms with Gasteiger partial charge < -0.3 is 20.4 Å². The number of fused-ring (bicyclic) bond motifs is 2. The Balaban J connectivity index is 1.25. The summed E-state index contributed by atoms with van der Waals surface area (Å²) in [5, 5.41) is 14.1. The fraction of sp³-hybridized carbons (Fsp3) is 0.250. The molecule has 0 atom stereocenters. The average molecular weight is 441 g/mol. The highest BCUT2D eigenvalue weighted by atomic mass is 16.1. The summed E-state index contributed by atoms with van der Waals surface area (Å²) < 4.78 is 3.94. The number of amides is 1. The summed E-state index contributed by atoms with van der Waals surface area (Å²) >= 11 is 0. The average Bonchev–Trinajstić information content (AvgIpc) is 3.53. The van der Waals surface area contributed by atoms with Crippen LogP contribution in [0.3, 0.4) is 0 Å². The third-order valence-corrected chi connectivity index (χ3v) is 6.26. The van der Waals surface area contributed by atoms with Crippen LogP contribution in [0.25, 0.3) is 11.2 Å². The number of carbonyl (C=O) groups is 1. The van der Waals surface area contributed by atoms with Crippen LogP contribution >= 0.6 is 0 Å². The molecule has 0 unspecified atom stereocenters. The summed E-state index contributed by atoms with van der Waals surface area (Å²) in [5.74, 6) is 0.568. The highest BCUT2D eigenvalue weighted by Gasteiger charge is 2.20. The molecule has 0 aliphatic carbocycles. The number of hydrogen-bond acceptors (Lipinski definition) is 6. The first kappa shape index (κ1) is 19.7. The molecule has 2 aliphatic rings. The predicted octanol–water partition coefficient (Wildman–Crippen LogP) is 2.96. The molecule has 6 rings (SSSR count). The molecule has 3 N–H and O–H groups in total. The lowest BCUT2D eigenvalue weighted by molar-refractivity contribution is 0.102. The Morgan fingerprint density at radius 3 is 2.94 bits per heavy atom. The molecule has 166 valence electrons. The molecule has 4 aromatic heterocycles. The number of hydrogen-bond donors (Lipinski definition) is 3. The minimum atomic E-state index is -0.204. The molecule has 6 heterocycles. The van der Waals surface area contributed by atoms with Crippen molar-refractivity contribution < 1.29 is 4.79 Å². The Hall–Kier alpha value is -3.98. The van der Waals surface area contributed by atoms with Crippen LogP contribution in [0.15, 0.2) is 61.5 Å². The second-order valence-electron chi connectivity index (χ2n) is 8.37. The van der Waals surface area contributed by atoms with Gasteiger partial charge in [0, 0.05) is 43.1 Å². The molecule has 0 radical (unpaired) electrons. The number of aromatic nitrogens is 5. The van der Waals surface area contributed by atoms with E-state index in [4.69, 9.17) is 0 Å². The Labute approximate surface area is 190 Å². The number of nitrogens with one attached hydrogen (secondary N) is 3. The van der Waals surface area contributed by atoms with E-state index in [-0.39, 0.29) is 5.91 Å². The van der Waals surface area contributed by atoms with E-state index in [0.717, 1.165) is 54.1 Å². The summed E-state index contributed by atoms with van der Waals surface area (Å²) in [5.41, 5.74) is 5.08. The molecule has 33 heavy (non-hydrogen) atoms. The van der Waals surface area contributed by atoms with E-state index in [1.807, 2.05) is 45.9 Å². The number of rotatable bonds is 4. The van der Waals surface area contributed by atoms with Gasteiger partial charge in [-0.2, -0.15) is 5.10 Å². The monoisotopic (exact) mass is 440 g/mol. The molecular weight excluding hydrogens is 416 g/mol. The Kier molecular flexibility index (Phi) is 4.88. The SMILES string of the molecule is O=C(Nc1cnn(C2CCNCC2)c1)c1cnc2c(c1)C(c1ccc3nccn3c1)=CCN2. The van der Waals surface area contributed by atoms with Crippen LogP contribution in [0, 0.1) is 0 Å². The molecular formula is C24H24N8O. The van der Waals surface area contributed by atoms with Crippen LogP contribution < -0.4 is 16.0 Å². The van der Waals surface area contributed by atoms with Crippen LogP contribution in [0.5, 0.6) is 0 Å². The number of nitrogens with zero attached hydrogens (tertiary/aromatic N) is 5. The second-order valence-corrected chi connectivity index (χ2v) is 8.37. The Morgan fingerprint density at radius 2 is 2.03 bits per heavy atom. The van der Waals surface area contributed by atoms with Crippen molar-refractivity contribution >= 4 is 28.6 Å². The third-order valence-electron chi connectivity index (χ3n) is 6.26. The maximum atomic E-state index is 13.0. The van der Waals surface area contributed by atoms with Crippen molar-refractivity contribution in [2.45, 2.75) is 18.9 Å². The Bertz CT molecular complexity index is 1360. The molecule has 9 nitrogen and oxygen atoms in total. The third kappa shape index (κ3) is 3.76. The zero-order chi connectivity index (χ0) is 22.2. The van der Waals surface area contributed by atoms with E-state index in [9.17, 15) is 4.79 Å². The van der Waals surface area contributed by atoms with Crippen molar-refractivity contribution in [3.63, 3.8) is 0 Å². The van der Waals surface area contributed by atoms with Crippen molar-refractivity contribution in [3.05, 3.63) is 78.1 Å². The van der Waals surface area contributed by atoms with Crippen molar-refractivity contribution in [1.29, 1.82) is 0 Å². The molecule has 0 aromatic carbocycles. The van der Waals surface area contributed by atoms with Gasteiger partial charge in [-0.3, -0.25) is 9.48 Å².